The largest absolute Gasteiger partial charge is 0.490 e. The van der Waals surface area contributed by atoms with Gasteiger partial charge in [0.2, 0.25) is 0 Å². The molecule has 34 heavy (non-hydrogen) atoms. The predicted octanol–water partition coefficient (Wildman–Crippen LogP) is 8.12. The number of nitrogens with one attached hydrogen (secondary N) is 1. The number of halogens is 3. The van der Waals surface area contributed by atoms with Crippen LogP contribution in [0, 0.1) is 0 Å². The molecule has 0 unspecified atom stereocenters. The van der Waals surface area contributed by atoms with Crippen LogP contribution in [-0.2, 0) is 13.2 Å². The maximum Gasteiger partial charge on any atom is 0.175 e. The average molecular weight is 574 g/mol. The van der Waals surface area contributed by atoms with Gasteiger partial charge in [-0.2, -0.15) is 0 Å². The summed E-state index contributed by atoms with van der Waals surface area (Å²) in [5.74, 6) is 1.43. The second-order valence-corrected chi connectivity index (χ2v) is 10.1. The van der Waals surface area contributed by atoms with Crippen molar-refractivity contribution in [3.63, 3.8) is 0 Å². The number of nitrogens with zero attached hydrogens (tertiary/aromatic N) is 1. The van der Waals surface area contributed by atoms with Gasteiger partial charge in [0.15, 0.2) is 11.5 Å². The monoisotopic (exact) mass is 572 g/mol. The third-order valence-electron chi connectivity index (χ3n) is 5.55. The molecule has 7 heteroatoms. The summed E-state index contributed by atoms with van der Waals surface area (Å²) in [7, 11) is 0. The van der Waals surface area contributed by atoms with Crippen LogP contribution in [0.15, 0.2) is 34.8 Å². The summed E-state index contributed by atoms with van der Waals surface area (Å²) < 4.78 is 12.9. The van der Waals surface area contributed by atoms with Gasteiger partial charge in [-0.1, -0.05) is 56.0 Å². The molecule has 1 N–H and O–H groups in total. The SMILES string of the molecule is CCCCN(CCCC)CCCNCc1cc(Br)c(OCc2ccc(Cl)c(Cl)c2)c(OCC)c1. The van der Waals surface area contributed by atoms with E-state index in [-0.39, 0.29) is 0 Å². The Bertz CT molecular complexity index is 859. The van der Waals surface area contributed by atoms with Gasteiger partial charge in [0.25, 0.3) is 0 Å². The van der Waals surface area contributed by atoms with E-state index in [0.29, 0.717) is 29.0 Å². The Hall–Kier alpha value is -0.980. The van der Waals surface area contributed by atoms with Gasteiger partial charge in [-0.3, -0.25) is 0 Å². The highest BCUT2D eigenvalue weighted by Gasteiger charge is 2.13. The van der Waals surface area contributed by atoms with Gasteiger partial charge in [0.1, 0.15) is 6.61 Å². The predicted molar refractivity (Wildman–Crippen MR) is 149 cm³/mol. The molecule has 0 aliphatic heterocycles. The van der Waals surface area contributed by atoms with Gasteiger partial charge in [-0.15, -0.1) is 0 Å². The summed E-state index contributed by atoms with van der Waals surface area (Å²) >= 11 is 15.8. The Kier molecular flexibility index (Phi) is 14.3. The summed E-state index contributed by atoms with van der Waals surface area (Å²) in [5.41, 5.74) is 2.10. The molecule has 0 aliphatic carbocycles. The van der Waals surface area contributed by atoms with Crippen molar-refractivity contribution in [3.8, 4) is 11.5 Å². The Morgan fingerprint density at radius 1 is 0.853 bits per heavy atom. The lowest BCUT2D eigenvalue weighted by atomic mass is 10.2. The van der Waals surface area contributed by atoms with Gasteiger partial charge in [0, 0.05) is 6.54 Å². The molecule has 2 aromatic rings. The Balaban J connectivity index is 1.90. The number of benzene rings is 2. The van der Waals surface area contributed by atoms with Gasteiger partial charge >= 0.3 is 0 Å². The van der Waals surface area contributed by atoms with E-state index < -0.39 is 0 Å². The van der Waals surface area contributed by atoms with E-state index in [1.165, 1.54) is 38.8 Å². The van der Waals surface area contributed by atoms with Gasteiger partial charge in [-0.25, -0.2) is 0 Å². The topological polar surface area (TPSA) is 33.7 Å². The first kappa shape index (κ1) is 29.3. The van der Waals surface area contributed by atoms with Crippen LogP contribution >= 0.6 is 39.1 Å². The summed E-state index contributed by atoms with van der Waals surface area (Å²) in [6.07, 6.45) is 6.23. The minimum absolute atomic E-state index is 0.375. The molecule has 0 aliphatic rings. The molecule has 0 atom stereocenters. The molecule has 0 heterocycles. The van der Waals surface area contributed by atoms with Crippen molar-refractivity contribution in [2.24, 2.45) is 0 Å². The van der Waals surface area contributed by atoms with Crippen molar-refractivity contribution in [1.29, 1.82) is 0 Å². The zero-order valence-electron chi connectivity index (χ0n) is 20.8. The first-order chi connectivity index (χ1) is 16.5. The van der Waals surface area contributed by atoms with Crippen LogP contribution in [0.25, 0.3) is 0 Å². The van der Waals surface area contributed by atoms with Crippen LogP contribution in [0.4, 0.5) is 0 Å². The number of ether oxygens (including phenoxy) is 2. The van der Waals surface area contributed by atoms with Crippen LogP contribution in [-0.4, -0.2) is 37.7 Å². The molecular weight excluding hydrogens is 535 g/mol. The van der Waals surface area contributed by atoms with Crippen LogP contribution in [0.5, 0.6) is 11.5 Å². The van der Waals surface area contributed by atoms with E-state index in [9.17, 15) is 0 Å². The first-order valence-corrected chi connectivity index (χ1v) is 14.0. The van der Waals surface area contributed by atoms with Crippen molar-refractivity contribution >= 4 is 39.1 Å². The molecule has 0 saturated carbocycles. The van der Waals surface area contributed by atoms with Crippen molar-refractivity contribution in [2.45, 2.75) is 66.0 Å². The van der Waals surface area contributed by atoms with E-state index in [4.69, 9.17) is 32.7 Å². The van der Waals surface area contributed by atoms with E-state index in [1.807, 2.05) is 19.1 Å². The highest BCUT2D eigenvalue weighted by Crippen LogP contribution is 2.37. The van der Waals surface area contributed by atoms with E-state index in [1.54, 1.807) is 6.07 Å². The first-order valence-electron chi connectivity index (χ1n) is 12.4. The zero-order chi connectivity index (χ0) is 24.8. The Morgan fingerprint density at radius 3 is 2.21 bits per heavy atom. The van der Waals surface area contributed by atoms with Crippen LogP contribution < -0.4 is 14.8 Å². The fourth-order valence-electron chi connectivity index (χ4n) is 3.67. The molecule has 2 rings (SSSR count). The van der Waals surface area contributed by atoms with E-state index in [0.717, 1.165) is 47.4 Å². The lowest BCUT2D eigenvalue weighted by molar-refractivity contribution is 0.261. The normalized spacial score (nSPS) is 11.3. The molecule has 0 radical (unpaired) electrons. The summed E-state index contributed by atoms with van der Waals surface area (Å²) in [5, 5.41) is 4.64. The smallest absolute Gasteiger partial charge is 0.175 e. The molecule has 0 saturated heterocycles. The fraction of sp³-hybridized carbons (Fsp3) is 0.556. The van der Waals surface area contributed by atoms with E-state index in [2.05, 4.69) is 52.1 Å². The lowest BCUT2D eigenvalue weighted by Gasteiger charge is -2.22. The molecule has 0 bridgehead atoms. The average Bonchev–Trinajstić information content (AvgIpc) is 2.82. The van der Waals surface area contributed by atoms with Gasteiger partial charge in [-0.05, 0) is 104 Å². The molecule has 4 nitrogen and oxygen atoms in total. The van der Waals surface area contributed by atoms with E-state index >= 15 is 0 Å². The van der Waals surface area contributed by atoms with Gasteiger partial charge < -0.3 is 19.7 Å². The summed E-state index contributed by atoms with van der Waals surface area (Å²) in [6.45, 7) is 12.8. The number of hydrogen-bond acceptors (Lipinski definition) is 4. The van der Waals surface area contributed by atoms with Crippen molar-refractivity contribution in [1.82, 2.24) is 10.2 Å². The van der Waals surface area contributed by atoms with Gasteiger partial charge in [0.05, 0.1) is 21.1 Å². The molecule has 2 aromatic carbocycles. The number of rotatable bonds is 17. The molecule has 190 valence electrons. The second kappa shape index (κ2) is 16.6. The van der Waals surface area contributed by atoms with Crippen molar-refractivity contribution in [3.05, 3.63) is 56.0 Å². The second-order valence-electron chi connectivity index (χ2n) is 8.45. The highest BCUT2D eigenvalue weighted by atomic mass is 79.9. The molecule has 0 fully saturated rings. The molecule has 0 amide bonds. The van der Waals surface area contributed by atoms with Crippen molar-refractivity contribution < 1.29 is 9.47 Å². The third-order valence-corrected chi connectivity index (χ3v) is 6.88. The maximum atomic E-state index is 6.13. The van der Waals surface area contributed by atoms with Crippen LogP contribution in [0.1, 0.15) is 64.0 Å². The fourth-order valence-corrected chi connectivity index (χ4v) is 4.60. The van der Waals surface area contributed by atoms with Crippen LogP contribution in [0.2, 0.25) is 10.0 Å². The number of hydrogen-bond donors (Lipinski definition) is 1. The van der Waals surface area contributed by atoms with Crippen molar-refractivity contribution in [2.75, 3.05) is 32.8 Å². The number of unbranched alkanes of at least 4 members (excludes halogenated alkanes) is 2. The Labute approximate surface area is 224 Å². The molecule has 0 spiro atoms. The Morgan fingerprint density at radius 2 is 1.56 bits per heavy atom. The molecular formula is C27H39BrCl2N2O2. The molecule has 0 aromatic heterocycles. The third kappa shape index (κ3) is 10.3. The highest BCUT2D eigenvalue weighted by molar-refractivity contribution is 9.10. The minimum Gasteiger partial charge on any atom is -0.490 e. The minimum atomic E-state index is 0.375. The zero-order valence-corrected chi connectivity index (χ0v) is 23.9. The summed E-state index contributed by atoms with van der Waals surface area (Å²) in [6, 6.07) is 9.66. The quantitative estimate of drug-likeness (QED) is 0.194. The lowest BCUT2D eigenvalue weighted by Crippen LogP contribution is -2.29. The maximum absolute atomic E-state index is 6.13. The van der Waals surface area contributed by atoms with Crippen LogP contribution in [0.3, 0.4) is 0 Å². The standard InChI is InChI=1S/C27H39BrCl2N2O2/c1-4-7-13-32(14-8-5-2)15-9-12-31-19-22-16-23(28)27(26(18-22)33-6-3)34-20-21-10-11-24(29)25(30)17-21/h10-11,16-18,31H,4-9,12-15,19-20H2,1-3H3. The summed E-state index contributed by atoms with van der Waals surface area (Å²) in [4.78, 5) is 2.61.